The molecule has 2 aromatic carbocycles. The second-order valence-electron chi connectivity index (χ2n) is 6.63. The molecule has 3 aromatic rings. The molecule has 2 unspecified atom stereocenters. The van der Waals surface area contributed by atoms with E-state index in [9.17, 15) is 0 Å². The molecule has 0 spiro atoms. The Morgan fingerprint density at radius 2 is 2.00 bits per heavy atom. The molecule has 0 radical (unpaired) electrons. The minimum atomic E-state index is 0.584. The van der Waals surface area contributed by atoms with Crippen LogP contribution in [0.4, 0.5) is 0 Å². The van der Waals surface area contributed by atoms with Gasteiger partial charge < -0.3 is 4.74 Å². The second kappa shape index (κ2) is 5.41. The van der Waals surface area contributed by atoms with Crippen molar-refractivity contribution in [3.63, 3.8) is 0 Å². The Balaban J connectivity index is 1.92. The molecule has 3 heteroatoms. The van der Waals surface area contributed by atoms with Crippen LogP contribution in [0, 0.1) is 5.92 Å². The van der Waals surface area contributed by atoms with E-state index in [1.807, 2.05) is 18.5 Å². The lowest BCUT2D eigenvalue weighted by Crippen LogP contribution is -2.16. The maximum Gasteiger partial charge on any atom is 0.143 e. The topological polar surface area (TPSA) is 27.1 Å². The van der Waals surface area contributed by atoms with E-state index < -0.39 is 0 Å². The summed E-state index contributed by atoms with van der Waals surface area (Å²) in [5, 5.41) is 0. The Morgan fingerprint density at radius 1 is 1.17 bits per heavy atom. The maximum absolute atomic E-state index is 5.72. The van der Waals surface area contributed by atoms with Crippen molar-refractivity contribution in [3.05, 3.63) is 53.9 Å². The molecule has 4 rings (SSSR count). The molecule has 3 nitrogen and oxygen atoms in total. The fraction of sp³-hybridized carbons (Fsp3) is 0.350. The molecule has 0 saturated heterocycles. The first-order valence-electron chi connectivity index (χ1n) is 8.32. The summed E-state index contributed by atoms with van der Waals surface area (Å²) in [6.07, 6.45) is 4.29. The third-order valence-corrected chi connectivity index (χ3v) is 5.37. The number of fused-ring (bicyclic) bond motifs is 2. The van der Waals surface area contributed by atoms with Crippen LogP contribution in [0.1, 0.15) is 37.3 Å². The van der Waals surface area contributed by atoms with Crippen LogP contribution in [0.25, 0.3) is 16.7 Å². The maximum atomic E-state index is 5.72. The van der Waals surface area contributed by atoms with Crippen molar-refractivity contribution < 1.29 is 4.74 Å². The van der Waals surface area contributed by atoms with Gasteiger partial charge in [-0.15, -0.1) is 0 Å². The Morgan fingerprint density at radius 3 is 2.83 bits per heavy atom. The number of imidazole rings is 1. The SMILES string of the molecule is COc1cc2c(cc1-n1cnc3ccccc31)CCC(C)C2C. The molecule has 0 saturated carbocycles. The van der Waals surface area contributed by atoms with Crippen molar-refractivity contribution in [1.82, 2.24) is 9.55 Å². The van der Waals surface area contributed by atoms with E-state index >= 15 is 0 Å². The van der Waals surface area contributed by atoms with Gasteiger partial charge in [0.25, 0.3) is 0 Å². The van der Waals surface area contributed by atoms with Crippen LogP contribution in [0.2, 0.25) is 0 Å². The number of methoxy groups -OCH3 is 1. The van der Waals surface area contributed by atoms with Crippen LogP contribution in [-0.2, 0) is 6.42 Å². The van der Waals surface area contributed by atoms with Crippen LogP contribution in [0.5, 0.6) is 5.75 Å². The van der Waals surface area contributed by atoms with Crippen molar-refractivity contribution in [1.29, 1.82) is 0 Å². The van der Waals surface area contributed by atoms with Crippen molar-refractivity contribution in [3.8, 4) is 11.4 Å². The smallest absolute Gasteiger partial charge is 0.143 e. The number of ether oxygens (including phenoxy) is 1. The summed E-state index contributed by atoms with van der Waals surface area (Å²) in [7, 11) is 1.75. The molecule has 1 aliphatic rings. The highest BCUT2D eigenvalue weighted by molar-refractivity contribution is 5.78. The first kappa shape index (κ1) is 14.3. The van der Waals surface area contributed by atoms with Crippen molar-refractivity contribution in [2.45, 2.75) is 32.6 Å². The Hall–Kier alpha value is -2.29. The number of benzene rings is 2. The van der Waals surface area contributed by atoms with Gasteiger partial charge >= 0.3 is 0 Å². The summed E-state index contributed by atoms with van der Waals surface area (Å²) in [5.74, 6) is 2.24. The van der Waals surface area contributed by atoms with Gasteiger partial charge in [0.05, 0.1) is 23.8 Å². The summed E-state index contributed by atoms with van der Waals surface area (Å²) in [6, 6.07) is 12.7. The van der Waals surface area contributed by atoms with E-state index in [-0.39, 0.29) is 0 Å². The highest BCUT2D eigenvalue weighted by Gasteiger charge is 2.25. The van der Waals surface area contributed by atoms with Gasteiger partial charge in [-0.2, -0.15) is 0 Å². The number of hydrogen-bond acceptors (Lipinski definition) is 2. The van der Waals surface area contributed by atoms with Crippen LogP contribution in [0.15, 0.2) is 42.7 Å². The standard InChI is InChI=1S/C20H22N2O/c1-13-8-9-15-10-19(20(23-3)11-16(15)14(13)2)22-12-21-17-6-4-5-7-18(17)22/h4-7,10-14H,8-9H2,1-3H3. The lowest BCUT2D eigenvalue weighted by atomic mass is 9.77. The van der Waals surface area contributed by atoms with Crippen LogP contribution < -0.4 is 4.74 Å². The number of nitrogens with zero attached hydrogens (tertiary/aromatic N) is 2. The lowest BCUT2D eigenvalue weighted by Gasteiger charge is -2.30. The predicted octanol–water partition coefficient (Wildman–Crippen LogP) is 4.72. The number of aromatic nitrogens is 2. The van der Waals surface area contributed by atoms with Crippen molar-refractivity contribution >= 4 is 11.0 Å². The fourth-order valence-corrected chi connectivity index (χ4v) is 3.71. The molecule has 0 bridgehead atoms. The van der Waals surface area contributed by atoms with Crippen LogP contribution >= 0.6 is 0 Å². The van der Waals surface area contributed by atoms with Gasteiger partial charge in [-0.25, -0.2) is 4.98 Å². The first-order valence-corrected chi connectivity index (χ1v) is 8.32. The average Bonchev–Trinajstić information content (AvgIpc) is 3.01. The normalized spacial score (nSPS) is 20.5. The molecule has 2 atom stereocenters. The lowest BCUT2D eigenvalue weighted by molar-refractivity contribution is 0.401. The zero-order chi connectivity index (χ0) is 16.0. The summed E-state index contributed by atoms with van der Waals surface area (Å²) < 4.78 is 7.86. The van der Waals surface area contributed by atoms with E-state index in [0.29, 0.717) is 5.92 Å². The van der Waals surface area contributed by atoms with Gasteiger partial charge in [0.15, 0.2) is 0 Å². The second-order valence-corrected chi connectivity index (χ2v) is 6.63. The third kappa shape index (κ3) is 2.23. The summed E-state index contributed by atoms with van der Waals surface area (Å²) >= 11 is 0. The highest BCUT2D eigenvalue weighted by atomic mass is 16.5. The van der Waals surface area contributed by atoms with Gasteiger partial charge in [-0.05, 0) is 60.1 Å². The molecule has 1 aliphatic carbocycles. The van der Waals surface area contributed by atoms with Gasteiger partial charge in [-0.1, -0.05) is 26.0 Å². The van der Waals surface area contributed by atoms with E-state index in [1.165, 1.54) is 17.5 Å². The molecular formula is C20H22N2O. The summed E-state index contributed by atoms with van der Waals surface area (Å²) in [5.41, 5.74) is 6.09. The summed E-state index contributed by atoms with van der Waals surface area (Å²) in [4.78, 5) is 4.52. The van der Waals surface area contributed by atoms with Crippen LogP contribution in [0.3, 0.4) is 0 Å². The van der Waals surface area contributed by atoms with E-state index in [4.69, 9.17) is 4.74 Å². The van der Waals surface area contributed by atoms with Crippen molar-refractivity contribution in [2.24, 2.45) is 5.92 Å². The molecule has 0 N–H and O–H groups in total. The minimum Gasteiger partial charge on any atom is -0.495 e. The third-order valence-electron chi connectivity index (χ3n) is 5.37. The Bertz CT molecular complexity index is 865. The van der Waals surface area contributed by atoms with E-state index in [1.54, 1.807) is 7.11 Å². The number of hydrogen-bond donors (Lipinski definition) is 0. The van der Waals surface area contributed by atoms with Crippen molar-refractivity contribution in [2.75, 3.05) is 7.11 Å². The Kier molecular flexibility index (Phi) is 3.37. The minimum absolute atomic E-state index is 0.584. The zero-order valence-electron chi connectivity index (χ0n) is 13.9. The molecule has 118 valence electrons. The molecule has 1 heterocycles. The first-order chi connectivity index (χ1) is 11.2. The summed E-state index contributed by atoms with van der Waals surface area (Å²) in [6.45, 7) is 4.67. The molecule has 0 aliphatic heterocycles. The molecule has 1 aromatic heterocycles. The quantitative estimate of drug-likeness (QED) is 0.685. The molecule has 0 fully saturated rings. The van der Waals surface area contributed by atoms with Crippen LogP contribution in [-0.4, -0.2) is 16.7 Å². The Labute approximate surface area is 136 Å². The number of aryl methyl sites for hydroxylation is 1. The van der Waals surface area contributed by atoms with Gasteiger partial charge in [0.1, 0.15) is 12.1 Å². The highest BCUT2D eigenvalue weighted by Crippen LogP contribution is 2.40. The van der Waals surface area contributed by atoms with E-state index in [2.05, 4.69) is 47.7 Å². The number of para-hydroxylation sites is 2. The molecular weight excluding hydrogens is 284 g/mol. The fourth-order valence-electron chi connectivity index (χ4n) is 3.71. The predicted molar refractivity (Wildman–Crippen MR) is 93.5 cm³/mol. The molecule has 23 heavy (non-hydrogen) atoms. The van der Waals surface area contributed by atoms with E-state index in [0.717, 1.165) is 34.8 Å². The largest absolute Gasteiger partial charge is 0.495 e. The molecule has 0 amide bonds. The van der Waals surface area contributed by atoms with Gasteiger partial charge in [0.2, 0.25) is 0 Å². The zero-order valence-corrected chi connectivity index (χ0v) is 13.9. The van der Waals surface area contributed by atoms with Gasteiger partial charge in [0, 0.05) is 0 Å². The van der Waals surface area contributed by atoms with Gasteiger partial charge in [-0.3, -0.25) is 4.57 Å². The number of rotatable bonds is 2. The monoisotopic (exact) mass is 306 g/mol. The average molecular weight is 306 g/mol.